The lowest BCUT2D eigenvalue weighted by molar-refractivity contribution is -0.128. The van der Waals surface area contributed by atoms with Crippen LogP contribution in [0.1, 0.15) is 15.7 Å². The minimum Gasteiger partial charge on any atom is -0.435 e. The lowest BCUT2D eigenvalue weighted by atomic mass is 10.2. The molecule has 1 aliphatic heterocycles. The first kappa shape index (κ1) is 18.8. The summed E-state index contributed by atoms with van der Waals surface area (Å²) in [6.07, 6.45) is 2.84. The number of esters is 1. The van der Waals surface area contributed by atoms with E-state index in [1.54, 1.807) is 30.3 Å². The molecule has 1 heterocycles. The van der Waals surface area contributed by atoms with Gasteiger partial charge in [-0.2, -0.15) is 8.78 Å². The highest BCUT2D eigenvalue weighted by atomic mass is 32.2. The van der Waals surface area contributed by atoms with Gasteiger partial charge in [-0.3, -0.25) is 0 Å². The van der Waals surface area contributed by atoms with Gasteiger partial charge in [0, 0.05) is 17.6 Å². The van der Waals surface area contributed by atoms with Crippen molar-refractivity contribution in [1.29, 1.82) is 0 Å². The van der Waals surface area contributed by atoms with Gasteiger partial charge in [0.05, 0.1) is 4.58 Å². The number of hydrogen-bond donors (Lipinski definition) is 0. The molecule has 0 unspecified atom stereocenters. The third-order valence-corrected chi connectivity index (χ3v) is 6.61. The van der Waals surface area contributed by atoms with Crippen LogP contribution in [-0.4, -0.2) is 24.1 Å². The summed E-state index contributed by atoms with van der Waals surface area (Å²) < 4.78 is 34.2. The monoisotopic (exact) mass is 394 g/mol. The average Bonchev–Trinajstić information content (AvgIpc) is 3.16. The van der Waals surface area contributed by atoms with Crippen LogP contribution in [0, 0.1) is 0 Å². The summed E-state index contributed by atoms with van der Waals surface area (Å²) in [5.74, 6) is 2.36. The number of halogens is 2. The van der Waals surface area contributed by atoms with Crippen LogP contribution in [-0.2, 0) is 4.79 Å². The predicted octanol–water partition coefficient (Wildman–Crippen LogP) is 5.39. The van der Waals surface area contributed by atoms with Gasteiger partial charge in [0.15, 0.2) is 0 Å². The van der Waals surface area contributed by atoms with Gasteiger partial charge in [-0.05, 0) is 41.5 Å². The molecule has 3 rings (SSSR count). The topological polar surface area (TPSA) is 35.5 Å². The van der Waals surface area contributed by atoms with Crippen LogP contribution in [0.4, 0.5) is 8.78 Å². The molecule has 0 aromatic heterocycles. The molecule has 26 heavy (non-hydrogen) atoms. The Balaban J connectivity index is 1.53. The Morgan fingerprint density at radius 3 is 2.23 bits per heavy atom. The molecular weight excluding hydrogens is 378 g/mol. The summed E-state index contributed by atoms with van der Waals surface area (Å²) in [6.45, 7) is -2.86. The van der Waals surface area contributed by atoms with E-state index in [-0.39, 0.29) is 5.75 Å². The molecule has 1 fully saturated rings. The number of hydrogen-bond acceptors (Lipinski definition) is 5. The molecule has 0 aliphatic carbocycles. The highest BCUT2D eigenvalue weighted by Crippen LogP contribution is 2.45. The van der Waals surface area contributed by atoms with Crippen LogP contribution in [0.3, 0.4) is 0 Å². The molecule has 0 amide bonds. The number of thioether (sulfide) groups is 2. The number of rotatable bonds is 6. The van der Waals surface area contributed by atoms with Gasteiger partial charge in [0.25, 0.3) is 0 Å². The van der Waals surface area contributed by atoms with Gasteiger partial charge in [0.2, 0.25) is 0 Å². The molecule has 136 valence electrons. The van der Waals surface area contributed by atoms with Crippen LogP contribution in [0.15, 0.2) is 54.6 Å². The molecule has 2 aromatic rings. The zero-order valence-electron chi connectivity index (χ0n) is 13.6. The van der Waals surface area contributed by atoms with Crippen LogP contribution >= 0.6 is 23.5 Å². The highest BCUT2D eigenvalue weighted by Gasteiger charge is 2.18. The maximum atomic E-state index is 12.1. The van der Waals surface area contributed by atoms with Gasteiger partial charge < -0.3 is 9.47 Å². The first-order valence-electron chi connectivity index (χ1n) is 7.88. The van der Waals surface area contributed by atoms with E-state index >= 15 is 0 Å². The van der Waals surface area contributed by atoms with E-state index in [9.17, 15) is 13.6 Å². The van der Waals surface area contributed by atoms with Crippen molar-refractivity contribution in [2.75, 3.05) is 11.5 Å². The van der Waals surface area contributed by atoms with E-state index in [1.807, 2.05) is 35.7 Å². The average molecular weight is 394 g/mol. The van der Waals surface area contributed by atoms with Crippen LogP contribution in [0.2, 0.25) is 0 Å². The Hall–Kier alpha value is -1.99. The summed E-state index contributed by atoms with van der Waals surface area (Å²) in [5.41, 5.74) is 1.90. The van der Waals surface area contributed by atoms with E-state index < -0.39 is 12.6 Å². The molecule has 0 saturated carbocycles. The molecule has 0 atom stereocenters. The number of carbonyl (C=O) groups is 1. The molecule has 3 nitrogen and oxygen atoms in total. The van der Waals surface area contributed by atoms with Crippen molar-refractivity contribution in [2.24, 2.45) is 0 Å². The summed E-state index contributed by atoms with van der Waals surface area (Å²) in [4.78, 5) is 11.9. The fourth-order valence-corrected chi connectivity index (χ4v) is 5.18. The second-order valence-electron chi connectivity index (χ2n) is 5.34. The van der Waals surface area contributed by atoms with Gasteiger partial charge in [-0.25, -0.2) is 4.79 Å². The summed E-state index contributed by atoms with van der Waals surface area (Å²) in [7, 11) is 0. The molecule has 0 N–H and O–H groups in total. The number of ether oxygens (including phenoxy) is 2. The normalized spacial score (nSPS) is 14.9. The maximum Gasteiger partial charge on any atom is 0.387 e. The molecule has 1 saturated heterocycles. The predicted molar refractivity (Wildman–Crippen MR) is 102 cm³/mol. The quantitative estimate of drug-likeness (QED) is 0.373. The Kier molecular flexibility index (Phi) is 6.57. The number of alkyl halides is 2. The van der Waals surface area contributed by atoms with Crippen molar-refractivity contribution >= 4 is 35.6 Å². The van der Waals surface area contributed by atoms with Gasteiger partial charge >= 0.3 is 12.6 Å². The van der Waals surface area contributed by atoms with E-state index in [1.165, 1.54) is 23.8 Å². The summed E-state index contributed by atoms with van der Waals surface area (Å²) in [5, 5.41) is 0. The molecule has 2 aromatic carbocycles. The standard InChI is InChI=1S/C19H16F2O3S2/c20-19(21)24-16-6-1-13(2-7-16)3-10-17(22)23-15-8-4-14(5-9-15)18-25-11-12-26-18/h1-10,18-19H,11-12H2/b10-3+. The van der Waals surface area contributed by atoms with Gasteiger partial charge in [-0.1, -0.05) is 24.3 Å². The van der Waals surface area contributed by atoms with Crippen molar-refractivity contribution in [3.63, 3.8) is 0 Å². The first-order chi connectivity index (χ1) is 12.6. The van der Waals surface area contributed by atoms with Crippen LogP contribution in [0.5, 0.6) is 11.5 Å². The van der Waals surface area contributed by atoms with E-state index in [2.05, 4.69) is 4.74 Å². The van der Waals surface area contributed by atoms with E-state index in [0.29, 0.717) is 15.9 Å². The maximum absolute atomic E-state index is 12.1. The van der Waals surface area contributed by atoms with Crippen molar-refractivity contribution in [3.8, 4) is 11.5 Å². The minimum atomic E-state index is -2.86. The largest absolute Gasteiger partial charge is 0.435 e. The smallest absolute Gasteiger partial charge is 0.387 e. The third-order valence-electron chi connectivity index (χ3n) is 3.51. The highest BCUT2D eigenvalue weighted by molar-refractivity contribution is 8.19. The third kappa shape index (κ3) is 5.51. The van der Waals surface area contributed by atoms with Gasteiger partial charge in [-0.15, -0.1) is 23.5 Å². The Labute approximate surface area is 158 Å². The summed E-state index contributed by atoms with van der Waals surface area (Å²) in [6, 6.07) is 13.5. The zero-order chi connectivity index (χ0) is 18.4. The second kappa shape index (κ2) is 9.09. The minimum absolute atomic E-state index is 0.0680. The van der Waals surface area contributed by atoms with Crippen LogP contribution < -0.4 is 9.47 Å². The Morgan fingerprint density at radius 1 is 1.00 bits per heavy atom. The second-order valence-corrected chi connectivity index (χ2v) is 8.07. The molecule has 0 radical (unpaired) electrons. The van der Waals surface area contributed by atoms with E-state index in [0.717, 1.165) is 11.5 Å². The lowest BCUT2D eigenvalue weighted by Gasteiger charge is -2.08. The lowest BCUT2D eigenvalue weighted by Crippen LogP contribution is -2.03. The number of carbonyl (C=O) groups excluding carboxylic acids is 1. The van der Waals surface area contributed by atoms with Crippen molar-refractivity contribution in [1.82, 2.24) is 0 Å². The molecular formula is C19H16F2O3S2. The first-order valence-corrected chi connectivity index (χ1v) is 9.98. The fourth-order valence-electron chi connectivity index (χ4n) is 2.32. The molecule has 7 heteroatoms. The molecule has 1 aliphatic rings. The summed E-state index contributed by atoms with van der Waals surface area (Å²) >= 11 is 3.84. The Morgan fingerprint density at radius 2 is 1.62 bits per heavy atom. The zero-order valence-corrected chi connectivity index (χ0v) is 15.3. The van der Waals surface area contributed by atoms with Crippen LogP contribution in [0.25, 0.3) is 6.08 Å². The van der Waals surface area contributed by atoms with Crippen molar-refractivity contribution in [3.05, 3.63) is 65.7 Å². The molecule has 0 spiro atoms. The van der Waals surface area contributed by atoms with Crippen molar-refractivity contribution < 1.29 is 23.0 Å². The number of benzene rings is 2. The Bertz CT molecular complexity index is 755. The SMILES string of the molecule is O=C(/C=C/c1ccc(OC(F)F)cc1)Oc1ccc(C2SCCS2)cc1. The molecule has 0 bridgehead atoms. The van der Waals surface area contributed by atoms with Gasteiger partial charge in [0.1, 0.15) is 11.5 Å². The fraction of sp³-hybridized carbons (Fsp3) is 0.211. The van der Waals surface area contributed by atoms with Crippen molar-refractivity contribution in [2.45, 2.75) is 11.2 Å². The van der Waals surface area contributed by atoms with E-state index in [4.69, 9.17) is 4.74 Å².